The molecule has 4 nitrogen and oxygen atoms in total. The number of carboxylic acid groups (broad SMARTS) is 1. The van der Waals surface area contributed by atoms with Crippen molar-refractivity contribution >= 4 is 28.6 Å². The van der Waals surface area contributed by atoms with Crippen LogP contribution in [0.25, 0.3) is 0 Å². The Hall–Kier alpha value is -0.990. The molecule has 15 heavy (non-hydrogen) atoms. The van der Waals surface area contributed by atoms with E-state index in [9.17, 15) is 13.6 Å². The topological polar surface area (TPSA) is 59.4 Å². The second-order valence-electron chi connectivity index (χ2n) is 2.52. The average Bonchev–Trinajstić information content (AvgIpc) is 2.15. The Kier molecular flexibility index (Phi) is 3.77. The van der Waals surface area contributed by atoms with Crippen molar-refractivity contribution in [3.63, 3.8) is 0 Å². The summed E-state index contributed by atoms with van der Waals surface area (Å²) in [5, 5.41) is 8.76. The van der Waals surface area contributed by atoms with E-state index in [0.29, 0.717) is 0 Å². The van der Waals surface area contributed by atoms with Gasteiger partial charge in [-0.2, -0.15) is 0 Å². The molecule has 0 aliphatic heterocycles. The Labute approximate surface area is 97.4 Å². The summed E-state index contributed by atoms with van der Waals surface area (Å²) in [6.45, 7) is 0. The Morgan fingerprint density at radius 2 is 2.27 bits per heavy atom. The lowest BCUT2D eigenvalue weighted by molar-refractivity contribution is 0.0679. The summed E-state index contributed by atoms with van der Waals surface area (Å²) in [5.41, 5.74) is -1.17. The molecule has 1 aromatic heterocycles. The van der Waals surface area contributed by atoms with Gasteiger partial charge in [0, 0.05) is 5.56 Å². The highest BCUT2D eigenvalue weighted by Crippen LogP contribution is 2.29. The van der Waals surface area contributed by atoms with Gasteiger partial charge in [-0.05, 0) is 28.7 Å². The molecule has 0 aliphatic carbocycles. The first-order valence-electron chi connectivity index (χ1n) is 3.73. The quantitative estimate of drug-likeness (QED) is 0.683. The minimum absolute atomic E-state index is 0.254. The van der Waals surface area contributed by atoms with E-state index < -0.39 is 23.5 Å². The Bertz CT molecular complexity index is 398. The van der Waals surface area contributed by atoms with Gasteiger partial charge in [0.25, 0.3) is 6.43 Å². The number of carboxylic acids is 1. The standard InChI is InChI=1S/C8H6F2INO3/c1-15-7-5(8(13)14)3(6(9)10)2-4(11)12-7/h2,6H,1H3,(H,13,14). The van der Waals surface area contributed by atoms with Crippen molar-refractivity contribution in [3.05, 3.63) is 20.9 Å². The maximum atomic E-state index is 12.5. The van der Waals surface area contributed by atoms with Crippen LogP contribution in [-0.2, 0) is 0 Å². The number of carbonyl (C=O) groups is 1. The largest absolute Gasteiger partial charge is 0.480 e. The van der Waals surface area contributed by atoms with E-state index >= 15 is 0 Å². The number of pyridine rings is 1. The van der Waals surface area contributed by atoms with Gasteiger partial charge in [-0.1, -0.05) is 0 Å². The summed E-state index contributed by atoms with van der Waals surface area (Å²) in [4.78, 5) is 14.5. The third-order valence-corrected chi connectivity index (χ3v) is 2.18. The molecule has 0 saturated carbocycles. The summed E-state index contributed by atoms with van der Waals surface area (Å²) in [7, 11) is 1.18. The molecule has 0 fully saturated rings. The number of nitrogens with zero attached hydrogens (tertiary/aromatic N) is 1. The minimum atomic E-state index is -2.87. The van der Waals surface area contributed by atoms with Crippen LogP contribution in [0.4, 0.5) is 8.78 Å². The highest BCUT2D eigenvalue weighted by Gasteiger charge is 2.24. The van der Waals surface area contributed by atoms with Crippen molar-refractivity contribution in [3.8, 4) is 5.88 Å². The van der Waals surface area contributed by atoms with Gasteiger partial charge in [0.05, 0.1) is 7.11 Å². The molecule has 1 rings (SSSR count). The zero-order valence-electron chi connectivity index (χ0n) is 7.50. The molecule has 0 unspecified atom stereocenters. The minimum Gasteiger partial charge on any atom is -0.480 e. The number of halogens is 3. The smallest absolute Gasteiger partial charge is 0.341 e. The third kappa shape index (κ3) is 2.52. The third-order valence-electron chi connectivity index (χ3n) is 1.63. The molecule has 0 radical (unpaired) electrons. The number of alkyl halides is 2. The van der Waals surface area contributed by atoms with Gasteiger partial charge in [-0.15, -0.1) is 0 Å². The van der Waals surface area contributed by atoms with E-state index in [0.717, 1.165) is 6.07 Å². The van der Waals surface area contributed by atoms with Crippen LogP contribution in [0.2, 0.25) is 0 Å². The van der Waals surface area contributed by atoms with Crippen molar-refractivity contribution < 1.29 is 23.4 Å². The van der Waals surface area contributed by atoms with E-state index in [1.54, 1.807) is 22.6 Å². The van der Waals surface area contributed by atoms with Gasteiger partial charge in [0.2, 0.25) is 5.88 Å². The maximum Gasteiger partial charge on any atom is 0.341 e. The SMILES string of the molecule is COc1nc(I)cc(C(F)F)c1C(=O)O. The van der Waals surface area contributed by atoms with Crippen molar-refractivity contribution in [2.24, 2.45) is 0 Å². The van der Waals surface area contributed by atoms with Crippen LogP contribution in [0.5, 0.6) is 5.88 Å². The Balaban J connectivity index is 3.47. The number of ether oxygens (including phenoxy) is 1. The molecule has 1 N–H and O–H groups in total. The van der Waals surface area contributed by atoms with Gasteiger partial charge in [-0.25, -0.2) is 18.6 Å². The number of aromatic carboxylic acids is 1. The fourth-order valence-electron chi connectivity index (χ4n) is 1.04. The van der Waals surface area contributed by atoms with Crippen LogP contribution in [0.1, 0.15) is 22.3 Å². The highest BCUT2D eigenvalue weighted by atomic mass is 127. The highest BCUT2D eigenvalue weighted by molar-refractivity contribution is 14.1. The number of aromatic nitrogens is 1. The summed E-state index contributed by atoms with van der Waals surface area (Å²) in [6, 6.07) is 1.02. The molecule has 0 atom stereocenters. The van der Waals surface area contributed by atoms with Gasteiger partial charge >= 0.3 is 5.97 Å². The van der Waals surface area contributed by atoms with E-state index in [4.69, 9.17) is 5.11 Å². The summed E-state index contributed by atoms with van der Waals surface area (Å²) in [6.07, 6.45) is -2.87. The molecule has 0 amide bonds. The molecule has 1 aromatic rings. The molecule has 0 spiro atoms. The van der Waals surface area contributed by atoms with Crippen LogP contribution in [-0.4, -0.2) is 23.2 Å². The van der Waals surface area contributed by atoms with Crippen molar-refractivity contribution in [2.75, 3.05) is 7.11 Å². The molecule has 0 saturated heterocycles. The van der Waals surface area contributed by atoms with Gasteiger partial charge in [0.1, 0.15) is 9.26 Å². The van der Waals surface area contributed by atoms with E-state index in [2.05, 4.69) is 9.72 Å². The first-order chi connectivity index (χ1) is 6.97. The zero-order chi connectivity index (χ0) is 11.6. The lowest BCUT2D eigenvalue weighted by atomic mass is 10.1. The van der Waals surface area contributed by atoms with E-state index in [-0.39, 0.29) is 9.58 Å². The molecule has 0 bridgehead atoms. The molecule has 7 heteroatoms. The van der Waals surface area contributed by atoms with Crippen molar-refractivity contribution in [2.45, 2.75) is 6.43 Å². The normalized spacial score (nSPS) is 10.5. The van der Waals surface area contributed by atoms with Crippen LogP contribution in [0.3, 0.4) is 0 Å². The predicted molar refractivity (Wildman–Crippen MR) is 55.4 cm³/mol. The molecular formula is C8H6F2INO3. The van der Waals surface area contributed by atoms with Crippen LogP contribution < -0.4 is 4.74 Å². The number of methoxy groups -OCH3 is 1. The summed E-state index contributed by atoms with van der Waals surface area (Å²) in [5.74, 6) is -1.78. The number of hydrogen-bond acceptors (Lipinski definition) is 3. The Morgan fingerprint density at radius 3 is 2.67 bits per heavy atom. The second kappa shape index (κ2) is 4.69. The fraction of sp³-hybridized carbons (Fsp3) is 0.250. The lowest BCUT2D eigenvalue weighted by Gasteiger charge is -2.09. The molecule has 1 heterocycles. The lowest BCUT2D eigenvalue weighted by Crippen LogP contribution is -2.08. The number of rotatable bonds is 3. The monoisotopic (exact) mass is 329 g/mol. The molecule has 0 aromatic carbocycles. The van der Waals surface area contributed by atoms with Crippen LogP contribution in [0, 0.1) is 3.70 Å². The summed E-state index contributed by atoms with van der Waals surface area (Å²) < 4.78 is 30.0. The fourth-order valence-corrected chi connectivity index (χ4v) is 1.60. The van der Waals surface area contributed by atoms with E-state index in [1.807, 2.05) is 0 Å². The second-order valence-corrected chi connectivity index (χ2v) is 3.63. The average molecular weight is 329 g/mol. The van der Waals surface area contributed by atoms with Crippen LogP contribution in [0.15, 0.2) is 6.07 Å². The van der Waals surface area contributed by atoms with Gasteiger partial charge in [0.15, 0.2) is 0 Å². The first-order valence-corrected chi connectivity index (χ1v) is 4.81. The van der Waals surface area contributed by atoms with E-state index in [1.165, 1.54) is 7.11 Å². The predicted octanol–water partition coefficient (Wildman–Crippen LogP) is 2.33. The molecule has 82 valence electrons. The van der Waals surface area contributed by atoms with Crippen molar-refractivity contribution in [1.29, 1.82) is 0 Å². The zero-order valence-corrected chi connectivity index (χ0v) is 9.66. The van der Waals surface area contributed by atoms with Gasteiger partial charge < -0.3 is 9.84 Å². The number of hydrogen-bond donors (Lipinski definition) is 1. The van der Waals surface area contributed by atoms with Crippen molar-refractivity contribution in [1.82, 2.24) is 4.98 Å². The molecular weight excluding hydrogens is 323 g/mol. The van der Waals surface area contributed by atoms with Gasteiger partial charge in [-0.3, -0.25) is 0 Å². The molecule has 0 aliphatic rings. The van der Waals surface area contributed by atoms with Crippen LogP contribution >= 0.6 is 22.6 Å². The summed E-state index contributed by atoms with van der Waals surface area (Å²) >= 11 is 1.71. The first kappa shape index (κ1) is 12.1. The maximum absolute atomic E-state index is 12.5. The Morgan fingerprint density at radius 1 is 1.67 bits per heavy atom.